The van der Waals surface area contributed by atoms with E-state index in [1.165, 1.54) is 31.8 Å². The molecular formula is C14H22N2O3. The van der Waals surface area contributed by atoms with Crippen LogP contribution in [0.25, 0.3) is 0 Å². The number of phenols is 1. The van der Waals surface area contributed by atoms with Crippen molar-refractivity contribution in [3.05, 3.63) is 29.8 Å². The number of aromatic hydroxyl groups is 1. The van der Waals surface area contributed by atoms with E-state index in [1.807, 2.05) is 0 Å². The van der Waals surface area contributed by atoms with Crippen LogP contribution in [0.4, 0.5) is 0 Å². The minimum atomic E-state index is -1.11. The highest BCUT2D eigenvalue weighted by Crippen LogP contribution is 2.14. The third-order valence-electron chi connectivity index (χ3n) is 3.45. The quantitative estimate of drug-likeness (QED) is 0.853. The summed E-state index contributed by atoms with van der Waals surface area (Å²) in [5, 5.41) is 17.3. The summed E-state index contributed by atoms with van der Waals surface area (Å²) in [5.74, 6) is -1.31. The summed E-state index contributed by atoms with van der Waals surface area (Å²) in [4.78, 5) is 15.1. The van der Waals surface area contributed by atoms with E-state index >= 15 is 0 Å². The lowest BCUT2D eigenvalue weighted by Crippen LogP contribution is -2.33. The van der Waals surface area contributed by atoms with E-state index in [0.717, 1.165) is 0 Å². The monoisotopic (exact) mass is 266 g/mol. The second-order valence-electron chi connectivity index (χ2n) is 4.56. The maximum absolute atomic E-state index is 10.3. The summed E-state index contributed by atoms with van der Waals surface area (Å²) in [6, 6.07) is 5.81. The maximum atomic E-state index is 10.3. The fourth-order valence-electron chi connectivity index (χ4n) is 2.02. The molecule has 1 atom stereocenters. The number of carbonyl (C=O) groups is 1. The third-order valence-corrected chi connectivity index (χ3v) is 3.45. The summed E-state index contributed by atoms with van der Waals surface area (Å²) in [6.07, 6.45) is 0.662. The van der Waals surface area contributed by atoms with E-state index in [0.29, 0.717) is 6.17 Å². The van der Waals surface area contributed by atoms with Gasteiger partial charge in [0.05, 0.1) is 6.17 Å². The minimum absolute atomic E-state index is 0.0671. The largest absolute Gasteiger partial charge is 0.507 e. The molecule has 1 aromatic carbocycles. The Bertz CT molecular complexity index is 423. The van der Waals surface area contributed by atoms with Gasteiger partial charge in [0.25, 0.3) is 0 Å². The summed E-state index contributed by atoms with van der Waals surface area (Å²) in [5.41, 5.74) is -0.0671. The molecule has 1 saturated heterocycles. The summed E-state index contributed by atoms with van der Waals surface area (Å²) >= 11 is 0. The van der Waals surface area contributed by atoms with Crippen LogP contribution < -0.4 is 0 Å². The number of carboxylic acid groups (broad SMARTS) is 1. The van der Waals surface area contributed by atoms with Gasteiger partial charge in [-0.15, -0.1) is 0 Å². The summed E-state index contributed by atoms with van der Waals surface area (Å²) in [7, 11) is 2.18. The first-order valence-electron chi connectivity index (χ1n) is 6.43. The number of hydrogen-bond donors (Lipinski definition) is 2. The van der Waals surface area contributed by atoms with E-state index in [4.69, 9.17) is 10.2 Å². The van der Waals surface area contributed by atoms with Gasteiger partial charge < -0.3 is 10.2 Å². The fraction of sp³-hybridized carbons (Fsp3) is 0.500. The van der Waals surface area contributed by atoms with E-state index < -0.39 is 5.97 Å². The van der Waals surface area contributed by atoms with Crippen LogP contribution in [0, 0.1) is 0 Å². The van der Waals surface area contributed by atoms with Crippen LogP contribution in [0.15, 0.2) is 24.3 Å². The smallest absolute Gasteiger partial charge is 0.339 e. The molecule has 2 N–H and O–H groups in total. The van der Waals surface area contributed by atoms with Gasteiger partial charge in [0, 0.05) is 13.1 Å². The predicted molar refractivity (Wildman–Crippen MR) is 74.4 cm³/mol. The highest BCUT2D eigenvalue weighted by Gasteiger charge is 2.22. The Kier molecular flexibility index (Phi) is 5.79. The van der Waals surface area contributed by atoms with Crippen molar-refractivity contribution >= 4 is 5.97 Å². The Hall–Kier alpha value is -1.59. The summed E-state index contributed by atoms with van der Waals surface area (Å²) in [6.45, 7) is 8.14. The number of carboxylic acids is 1. The van der Waals surface area contributed by atoms with Gasteiger partial charge in [-0.25, -0.2) is 4.79 Å². The van der Waals surface area contributed by atoms with Gasteiger partial charge in [-0.05, 0) is 32.6 Å². The molecule has 19 heavy (non-hydrogen) atoms. The van der Waals surface area contributed by atoms with Crippen LogP contribution in [0.1, 0.15) is 24.2 Å². The number of likely N-dealkylation sites (N-methyl/N-ethyl adjacent to an activating group) is 2. The van der Waals surface area contributed by atoms with Crippen LogP contribution >= 0.6 is 0 Å². The molecule has 0 bridgehead atoms. The first-order chi connectivity index (χ1) is 8.97. The second-order valence-corrected chi connectivity index (χ2v) is 4.56. The normalized spacial score (nSPS) is 19.8. The predicted octanol–water partition coefficient (Wildman–Crippen LogP) is 1.69. The van der Waals surface area contributed by atoms with Crippen molar-refractivity contribution in [1.29, 1.82) is 0 Å². The fourth-order valence-corrected chi connectivity index (χ4v) is 2.02. The van der Waals surface area contributed by atoms with Crippen LogP contribution in [-0.4, -0.2) is 58.8 Å². The van der Waals surface area contributed by atoms with E-state index in [1.54, 1.807) is 12.1 Å². The zero-order valence-electron chi connectivity index (χ0n) is 11.7. The van der Waals surface area contributed by atoms with Gasteiger partial charge in [0.1, 0.15) is 11.3 Å². The highest BCUT2D eigenvalue weighted by atomic mass is 16.4. The zero-order valence-corrected chi connectivity index (χ0v) is 11.7. The SMILES string of the molecule is CCN1CCN(C)C1C.O=C(O)c1ccccc1O. The van der Waals surface area contributed by atoms with Crippen molar-refractivity contribution in [2.45, 2.75) is 20.0 Å². The molecule has 1 aliphatic heterocycles. The molecule has 0 saturated carbocycles. The van der Waals surface area contributed by atoms with Gasteiger partial charge in [0.2, 0.25) is 0 Å². The third kappa shape index (κ3) is 4.22. The van der Waals surface area contributed by atoms with Crippen molar-refractivity contribution in [2.24, 2.45) is 0 Å². The van der Waals surface area contributed by atoms with Crippen LogP contribution in [0.5, 0.6) is 5.75 Å². The van der Waals surface area contributed by atoms with Crippen molar-refractivity contribution in [1.82, 2.24) is 9.80 Å². The van der Waals surface area contributed by atoms with E-state index in [2.05, 4.69) is 30.7 Å². The average molecular weight is 266 g/mol. The van der Waals surface area contributed by atoms with Crippen molar-refractivity contribution in [3.63, 3.8) is 0 Å². The Morgan fingerprint density at radius 2 is 2.00 bits per heavy atom. The molecule has 1 aliphatic rings. The lowest BCUT2D eigenvalue weighted by molar-refractivity contribution is 0.0693. The summed E-state index contributed by atoms with van der Waals surface area (Å²) < 4.78 is 0. The zero-order chi connectivity index (χ0) is 14.4. The van der Waals surface area contributed by atoms with E-state index in [-0.39, 0.29) is 11.3 Å². The van der Waals surface area contributed by atoms with E-state index in [9.17, 15) is 4.79 Å². The first kappa shape index (κ1) is 15.5. The molecule has 0 aromatic heterocycles. The Balaban J connectivity index is 0.000000191. The molecule has 1 fully saturated rings. The minimum Gasteiger partial charge on any atom is -0.507 e. The lowest BCUT2D eigenvalue weighted by atomic mass is 10.2. The molecule has 0 aliphatic carbocycles. The first-order valence-corrected chi connectivity index (χ1v) is 6.43. The molecule has 106 valence electrons. The Morgan fingerprint density at radius 1 is 1.37 bits per heavy atom. The van der Waals surface area contributed by atoms with Crippen molar-refractivity contribution < 1.29 is 15.0 Å². The number of para-hydroxylation sites is 1. The molecule has 1 unspecified atom stereocenters. The van der Waals surface area contributed by atoms with Crippen LogP contribution in [0.2, 0.25) is 0 Å². The maximum Gasteiger partial charge on any atom is 0.339 e. The van der Waals surface area contributed by atoms with Gasteiger partial charge in [-0.3, -0.25) is 9.80 Å². The molecular weight excluding hydrogens is 244 g/mol. The van der Waals surface area contributed by atoms with Gasteiger partial charge in [-0.1, -0.05) is 19.1 Å². The standard InChI is InChI=1S/C7H16N2.C7H6O3/c1-4-9-6-5-8(3)7(9)2;8-6-4-2-1-3-5(6)7(9)10/h7H,4-6H2,1-3H3;1-4,8H,(H,9,10). The van der Waals surface area contributed by atoms with Crippen LogP contribution in [-0.2, 0) is 0 Å². The number of benzene rings is 1. The van der Waals surface area contributed by atoms with Crippen LogP contribution in [0.3, 0.4) is 0 Å². The average Bonchev–Trinajstić information content (AvgIpc) is 2.70. The number of nitrogens with zero attached hydrogens (tertiary/aromatic N) is 2. The number of aromatic carboxylic acids is 1. The lowest BCUT2D eigenvalue weighted by Gasteiger charge is -2.22. The molecule has 0 spiro atoms. The molecule has 0 amide bonds. The second kappa shape index (κ2) is 7.11. The molecule has 5 nitrogen and oxygen atoms in total. The Labute approximate surface area is 114 Å². The number of hydrogen-bond acceptors (Lipinski definition) is 4. The molecule has 5 heteroatoms. The van der Waals surface area contributed by atoms with Crippen molar-refractivity contribution in [3.8, 4) is 5.75 Å². The molecule has 1 aromatic rings. The van der Waals surface area contributed by atoms with Crippen molar-refractivity contribution in [2.75, 3.05) is 26.7 Å². The molecule has 1 heterocycles. The van der Waals surface area contributed by atoms with Gasteiger partial charge in [0.15, 0.2) is 0 Å². The topological polar surface area (TPSA) is 64.0 Å². The highest BCUT2D eigenvalue weighted by molar-refractivity contribution is 5.90. The molecule has 2 rings (SSSR count). The van der Waals surface area contributed by atoms with Gasteiger partial charge >= 0.3 is 5.97 Å². The number of rotatable bonds is 2. The molecule has 0 radical (unpaired) electrons. The Morgan fingerprint density at radius 3 is 2.32 bits per heavy atom. The van der Waals surface area contributed by atoms with Gasteiger partial charge in [-0.2, -0.15) is 0 Å².